The van der Waals surface area contributed by atoms with Crippen LogP contribution in [0.4, 0.5) is 11.5 Å². The van der Waals surface area contributed by atoms with Crippen molar-refractivity contribution in [1.82, 2.24) is 4.98 Å². The van der Waals surface area contributed by atoms with Gasteiger partial charge in [0, 0.05) is 16.4 Å². The van der Waals surface area contributed by atoms with E-state index < -0.39 is 0 Å². The molecule has 2 rings (SSSR count). The van der Waals surface area contributed by atoms with E-state index in [2.05, 4.69) is 26.2 Å². The van der Waals surface area contributed by atoms with Crippen LogP contribution in [0, 0.1) is 0 Å². The van der Waals surface area contributed by atoms with E-state index in [4.69, 9.17) is 23.2 Å². The molecule has 0 aliphatic carbocycles. The average Bonchev–Trinajstić information content (AvgIpc) is 2.33. The van der Waals surface area contributed by atoms with Crippen molar-refractivity contribution in [2.45, 2.75) is 12.3 Å². The zero-order valence-electron chi connectivity index (χ0n) is 9.62. The van der Waals surface area contributed by atoms with E-state index in [-0.39, 0.29) is 5.38 Å². The highest BCUT2D eigenvalue weighted by Crippen LogP contribution is 2.31. The summed E-state index contributed by atoms with van der Waals surface area (Å²) in [7, 11) is 0. The van der Waals surface area contributed by atoms with Crippen molar-refractivity contribution in [2.75, 3.05) is 5.32 Å². The first kappa shape index (κ1) is 13.7. The molecule has 0 fully saturated rings. The van der Waals surface area contributed by atoms with Gasteiger partial charge in [0.2, 0.25) is 0 Å². The standard InChI is InChI=1S/C13H11BrCl2N2/c1-8(15)10-4-2-3-5-12(10)18-13-11(16)6-9(14)7-17-13/h2-8H,1H3,(H,17,18). The van der Waals surface area contributed by atoms with E-state index in [1.807, 2.05) is 31.2 Å². The summed E-state index contributed by atoms with van der Waals surface area (Å²) in [4.78, 5) is 4.24. The van der Waals surface area contributed by atoms with Crippen LogP contribution in [0.3, 0.4) is 0 Å². The monoisotopic (exact) mass is 344 g/mol. The molecule has 1 aromatic heterocycles. The third-order valence-electron chi connectivity index (χ3n) is 2.45. The van der Waals surface area contributed by atoms with Crippen LogP contribution in [-0.4, -0.2) is 4.98 Å². The predicted molar refractivity (Wildman–Crippen MR) is 80.9 cm³/mol. The van der Waals surface area contributed by atoms with Gasteiger partial charge >= 0.3 is 0 Å². The molecule has 0 radical (unpaired) electrons. The number of hydrogen-bond donors (Lipinski definition) is 1. The maximum Gasteiger partial charge on any atom is 0.149 e. The zero-order valence-corrected chi connectivity index (χ0v) is 12.7. The molecule has 5 heteroatoms. The molecular formula is C13H11BrCl2N2. The molecule has 0 bridgehead atoms. The number of nitrogens with one attached hydrogen (secondary N) is 1. The summed E-state index contributed by atoms with van der Waals surface area (Å²) in [5.74, 6) is 0.615. The van der Waals surface area contributed by atoms with Gasteiger partial charge in [-0.05, 0) is 40.5 Å². The lowest BCUT2D eigenvalue weighted by atomic mass is 10.1. The lowest BCUT2D eigenvalue weighted by molar-refractivity contribution is 1.08. The number of benzene rings is 1. The fourth-order valence-electron chi connectivity index (χ4n) is 1.59. The zero-order chi connectivity index (χ0) is 13.1. The molecule has 1 aromatic carbocycles. The van der Waals surface area contributed by atoms with Crippen LogP contribution in [0.2, 0.25) is 5.02 Å². The molecule has 2 aromatic rings. The molecule has 0 amide bonds. The van der Waals surface area contributed by atoms with Crippen LogP contribution in [0.5, 0.6) is 0 Å². The second kappa shape index (κ2) is 5.91. The Morgan fingerprint density at radius 1 is 1.33 bits per heavy atom. The third-order valence-corrected chi connectivity index (χ3v) is 3.41. The second-order valence-electron chi connectivity index (χ2n) is 3.81. The summed E-state index contributed by atoms with van der Waals surface area (Å²) >= 11 is 15.6. The quantitative estimate of drug-likeness (QED) is 0.738. The van der Waals surface area contributed by atoms with Crippen LogP contribution >= 0.6 is 39.1 Å². The molecule has 0 saturated carbocycles. The van der Waals surface area contributed by atoms with Crippen LogP contribution in [0.1, 0.15) is 17.9 Å². The van der Waals surface area contributed by atoms with Gasteiger partial charge in [0.1, 0.15) is 5.82 Å². The van der Waals surface area contributed by atoms with Gasteiger partial charge in [-0.3, -0.25) is 0 Å². The highest BCUT2D eigenvalue weighted by atomic mass is 79.9. The Morgan fingerprint density at radius 3 is 2.72 bits per heavy atom. The topological polar surface area (TPSA) is 24.9 Å². The molecule has 94 valence electrons. The van der Waals surface area contributed by atoms with E-state index in [0.29, 0.717) is 10.8 Å². The van der Waals surface area contributed by atoms with Gasteiger partial charge in [-0.15, -0.1) is 11.6 Å². The van der Waals surface area contributed by atoms with E-state index in [1.165, 1.54) is 0 Å². The minimum absolute atomic E-state index is 0.0806. The number of halogens is 3. The number of rotatable bonds is 3. The number of nitrogens with zero attached hydrogens (tertiary/aromatic N) is 1. The number of aromatic nitrogens is 1. The molecule has 0 spiro atoms. The summed E-state index contributed by atoms with van der Waals surface area (Å²) < 4.78 is 0.844. The van der Waals surface area contributed by atoms with E-state index in [0.717, 1.165) is 15.7 Å². The van der Waals surface area contributed by atoms with Crippen molar-refractivity contribution in [3.63, 3.8) is 0 Å². The molecule has 1 N–H and O–H groups in total. The first-order valence-corrected chi connectivity index (χ1v) is 6.99. The molecule has 0 saturated heterocycles. The third kappa shape index (κ3) is 3.16. The molecule has 1 atom stereocenters. The summed E-state index contributed by atoms with van der Waals surface area (Å²) in [6, 6.07) is 9.62. The van der Waals surface area contributed by atoms with Crippen LogP contribution < -0.4 is 5.32 Å². The Hall–Kier alpha value is -0.770. The summed E-state index contributed by atoms with van der Waals surface area (Å²) in [6.45, 7) is 1.93. The summed E-state index contributed by atoms with van der Waals surface area (Å²) in [5, 5.41) is 3.68. The molecule has 18 heavy (non-hydrogen) atoms. The Labute approximate surface area is 124 Å². The fraction of sp³-hybridized carbons (Fsp3) is 0.154. The Bertz CT molecular complexity index is 558. The number of alkyl halides is 1. The minimum Gasteiger partial charge on any atom is -0.339 e. The lowest BCUT2D eigenvalue weighted by Gasteiger charge is -2.13. The highest BCUT2D eigenvalue weighted by molar-refractivity contribution is 9.10. The van der Waals surface area contributed by atoms with E-state index in [9.17, 15) is 0 Å². The Balaban J connectivity index is 2.34. The Kier molecular flexibility index (Phi) is 4.49. The maximum atomic E-state index is 6.14. The van der Waals surface area contributed by atoms with Crippen LogP contribution in [-0.2, 0) is 0 Å². The van der Waals surface area contributed by atoms with E-state index in [1.54, 1.807) is 12.3 Å². The van der Waals surface area contributed by atoms with Crippen molar-refractivity contribution in [1.29, 1.82) is 0 Å². The van der Waals surface area contributed by atoms with Crippen molar-refractivity contribution < 1.29 is 0 Å². The normalized spacial score (nSPS) is 12.2. The van der Waals surface area contributed by atoms with Crippen molar-refractivity contribution in [3.05, 3.63) is 51.6 Å². The van der Waals surface area contributed by atoms with Crippen LogP contribution in [0.15, 0.2) is 41.0 Å². The van der Waals surface area contributed by atoms with Gasteiger partial charge < -0.3 is 5.32 Å². The minimum atomic E-state index is -0.0806. The molecule has 1 heterocycles. The molecule has 2 nitrogen and oxygen atoms in total. The maximum absolute atomic E-state index is 6.14. The van der Waals surface area contributed by atoms with Gasteiger partial charge in [0.05, 0.1) is 10.4 Å². The molecule has 0 aliphatic heterocycles. The fourth-order valence-corrected chi connectivity index (χ4v) is 2.46. The average molecular weight is 346 g/mol. The number of para-hydroxylation sites is 1. The number of hydrogen-bond acceptors (Lipinski definition) is 2. The predicted octanol–water partition coefficient (Wildman–Crippen LogP) is 5.54. The van der Waals surface area contributed by atoms with Gasteiger partial charge in [-0.2, -0.15) is 0 Å². The first-order valence-electron chi connectivity index (χ1n) is 5.39. The van der Waals surface area contributed by atoms with Crippen molar-refractivity contribution in [2.24, 2.45) is 0 Å². The smallest absolute Gasteiger partial charge is 0.149 e. The molecular weight excluding hydrogens is 335 g/mol. The highest BCUT2D eigenvalue weighted by Gasteiger charge is 2.09. The van der Waals surface area contributed by atoms with Gasteiger partial charge in [-0.1, -0.05) is 29.8 Å². The molecule has 0 aliphatic rings. The SMILES string of the molecule is CC(Cl)c1ccccc1Nc1ncc(Br)cc1Cl. The van der Waals surface area contributed by atoms with Crippen molar-refractivity contribution >= 4 is 50.6 Å². The van der Waals surface area contributed by atoms with Gasteiger partial charge in [-0.25, -0.2) is 4.98 Å². The van der Waals surface area contributed by atoms with Crippen LogP contribution in [0.25, 0.3) is 0 Å². The van der Waals surface area contributed by atoms with E-state index >= 15 is 0 Å². The number of anilines is 2. The largest absolute Gasteiger partial charge is 0.339 e. The first-order chi connectivity index (χ1) is 8.58. The molecule has 1 unspecified atom stereocenters. The van der Waals surface area contributed by atoms with Gasteiger partial charge in [0.25, 0.3) is 0 Å². The van der Waals surface area contributed by atoms with Gasteiger partial charge in [0.15, 0.2) is 0 Å². The second-order valence-corrected chi connectivity index (χ2v) is 5.79. The summed E-state index contributed by atoms with van der Waals surface area (Å²) in [5.41, 5.74) is 1.93. The lowest BCUT2D eigenvalue weighted by Crippen LogP contribution is -1.98. The van der Waals surface area contributed by atoms with Crippen molar-refractivity contribution in [3.8, 4) is 0 Å². The Morgan fingerprint density at radius 2 is 2.06 bits per heavy atom. The summed E-state index contributed by atoms with van der Waals surface area (Å²) in [6.07, 6.45) is 1.70. The number of pyridine rings is 1.